The molecule has 2 amide bonds. The second kappa shape index (κ2) is 11.1. The molecule has 2 fully saturated rings. The Morgan fingerprint density at radius 2 is 1.52 bits per heavy atom. The molecule has 1 unspecified atom stereocenters. The largest absolute Gasteiger partial charge is 0.342 e. The van der Waals surface area contributed by atoms with Gasteiger partial charge in [-0.3, -0.25) is 14.5 Å². The van der Waals surface area contributed by atoms with Crippen molar-refractivity contribution in [2.75, 3.05) is 59.4 Å². The van der Waals surface area contributed by atoms with E-state index in [0.29, 0.717) is 13.1 Å². The van der Waals surface area contributed by atoms with Crippen LogP contribution in [0.3, 0.4) is 0 Å². The number of piperazine rings is 1. The van der Waals surface area contributed by atoms with E-state index in [1.807, 2.05) is 23.8 Å². The van der Waals surface area contributed by atoms with Gasteiger partial charge < -0.3 is 15.1 Å². The third-order valence-electron chi connectivity index (χ3n) is 4.43. The second-order valence-electron chi connectivity index (χ2n) is 6.15. The third-order valence-corrected chi connectivity index (χ3v) is 4.43. The zero-order chi connectivity index (χ0) is 15.2. The summed E-state index contributed by atoms with van der Waals surface area (Å²) in [5, 5.41) is 3.05. The zero-order valence-corrected chi connectivity index (χ0v) is 15.8. The van der Waals surface area contributed by atoms with Crippen LogP contribution < -0.4 is 5.32 Å². The van der Waals surface area contributed by atoms with Crippen LogP contribution >= 0.6 is 24.8 Å². The Balaban J connectivity index is 0.00000242. The van der Waals surface area contributed by atoms with Crippen molar-refractivity contribution in [3.05, 3.63) is 0 Å². The molecule has 0 spiro atoms. The van der Waals surface area contributed by atoms with Crippen molar-refractivity contribution in [3.8, 4) is 0 Å². The molecule has 0 aliphatic carbocycles. The summed E-state index contributed by atoms with van der Waals surface area (Å²) in [4.78, 5) is 30.4. The summed E-state index contributed by atoms with van der Waals surface area (Å²) in [5.41, 5.74) is 0. The second-order valence-corrected chi connectivity index (χ2v) is 6.15. The Labute approximate surface area is 151 Å². The van der Waals surface area contributed by atoms with Gasteiger partial charge in [-0.2, -0.15) is 0 Å². The Bertz CT molecular complexity index is 370. The lowest BCUT2D eigenvalue weighted by Gasteiger charge is -2.36. The molecule has 0 aromatic rings. The van der Waals surface area contributed by atoms with Gasteiger partial charge in [0.25, 0.3) is 0 Å². The first-order valence-electron chi connectivity index (χ1n) is 8.05. The first-order valence-corrected chi connectivity index (χ1v) is 8.05. The normalized spacial score (nSPS) is 19.7. The number of carbonyl (C=O) groups excluding carboxylic acids is 2. The quantitative estimate of drug-likeness (QED) is 0.765. The predicted octanol–water partition coefficient (Wildman–Crippen LogP) is 0.452. The van der Waals surface area contributed by atoms with Crippen molar-refractivity contribution in [1.82, 2.24) is 20.0 Å². The Morgan fingerprint density at radius 3 is 2.04 bits per heavy atom. The molecule has 1 atom stereocenters. The number of nitrogens with one attached hydrogen (secondary N) is 1. The highest BCUT2D eigenvalue weighted by molar-refractivity contribution is 5.85. The highest BCUT2D eigenvalue weighted by Gasteiger charge is 2.26. The third kappa shape index (κ3) is 6.45. The number of carbonyl (C=O) groups is 2. The van der Waals surface area contributed by atoms with Crippen LogP contribution in [0.1, 0.15) is 19.8 Å². The number of hydrogen-bond donors (Lipinski definition) is 1. The van der Waals surface area contributed by atoms with Gasteiger partial charge in [0.15, 0.2) is 0 Å². The zero-order valence-electron chi connectivity index (χ0n) is 14.1. The lowest BCUT2D eigenvalue weighted by Crippen LogP contribution is -2.52. The van der Waals surface area contributed by atoms with Gasteiger partial charge in [-0.15, -0.1) is 24.8 Å². The van der Waals surface area contributed by atoms with Crippen LogP contribution in [-0.4, -0.2) is 85.9 Å². The maximum Gasteiger partial charge on any atom is 0.236 e. The van der Waals surface area contributed by atoms with Crippen LogP contribution in [0, 0.1) is 5.92 Å². The summed E-state index contributed by atoms with van der Waals surface area (Å²) in [6.07, 6.45) is 2.27. The van der Waals surface area contributed by atoms with Crippen LogP contribution in [0.2, 0.25) is 0 Å². The SMILES string of the molecule is CNCC(C)C(=O)N1CCN(CC(=O)N2CCCC2)CC1.Cl.Cl. The molecule has 2 rings (SSSR count). The van der Waals surface area contributed by atoms with Gasteiger partial charge in [-0.25, -0.2) is 0 Å². The molecule has 2 saturated heterocycles. The van der Waals surface area contributed by atoms with E-state index in [-0.39, 0.29) is 42.5 Å². The van der Waals surface area contributed by atoms with Crippen molar-refractivity contribution in [2.45, 2.75) is 19.8 Å². The average molecular weight is 369 g/mol. The highest BCUT2D eigenvalue weighted by Crippen LogP contribution is 2.10. The summed E-state index contributed by atoms with van der Waals surface area (Å²) >= 11 is 0. The maximum atomic E-state index is 12.2. The molecule has 0 radical (unpaired) electrons. The highest BCUT2D eigenvalue weighted by atomic mass is 35.5. The summed E-state index contributed by atoms with van der Waals surface area (Å²) in [6, 6.07) is 0. The lowest BCUT2D eigenvalue weighted by atomic mass is 10.1. The van der Waals surface area contributed by atoms with Crippen LogP contribution in [0.5, 0.6) is 0 Å². The van der Waals surface area contributed by atoms with Crippen molar-refractivity contribution >= 4 is 36.6 Å². The molecule has 0 saturated carbocycles. The maximum absolute atomic E-state index is 12.2. The topological polar surface area (TPSA) is 55.9 Å². The van der Waals surface area contributed by atoms with Gasteiger partial charge >= 0.3 is 0 Å². The molecule has 1 N–H and O–H groups in total. The lowest BCUT2D eigenvalue weighted by molar-refractivity contribution is -0.137. The van der Waals surface area contributed by atoms with Gasteiger partial charge in [0, 0.05) is 51.7 Å². The molecule has 0 bridgehead atoms. The summed E-state index contributed by atoms with van der Waals surface area (Å²) in [5.74, 6) is 0.485. The fourth-order valence-corrected chi connectivity index (χ4v) is 3.09. The van der Waals surface area contributed by atoms with E-state index in [1.54, 1.807) is 0 Å². The molecule has 6 nitrogen and oxygen atoms in total. The molecular weight excluding hydrogens is 339 g/mol. The van der Waals surface area contributed by atoms with E-state index in [1.165, 1.54) is 0 Å². The van der Waals surface area contributed by atoms with E-state index in [0.717, 1.165) is 52.1 Å². The van der Waals surface area contributed by atoms with Crippen molar-refractivity contribution in [3.63, 3.8) is 0 Å². The van der Waals surface area contributed by atoms with E-state index < -0.39 is 0 Å². The molecule has 23 heavy (non-hydrogen) atoms. The summed E-state index contributed by atoms with van der Waals surface area (Å²) in [6.45, 7) is 8.09. The molecule has 8 heteroatoms. The summed E-state index contributed by atoms with van der Waals surface area (Å²) < 4.78 is 0. The first kappa shape index (κ1) is 22.4. The minimum absolute atomic E-state index is 0. The average Bonchev–Trinajstić information content (AvgIpc) is 3.02. The minimum Gasteiger partial charge on any atom is -0.342 e. The summed E-state index contributed by atoms with van der Waals surface area (Å²) in [7, 11) is 1.87. The minimum atomic E-state index is 0. The predicted molar refractivity (Wildman–Crippen MR) is 96.4 cm³/mol. The first-order chi connectivity index (χ1) is 10.1. The van der Waals surface area contributed by atoms with Gasteiger partial charge in [-0.1, -0.05) is 6.92 Å². The standard InChI is InChI=1S/C15H28N4O2.2ClH/c1-13(11-16-2)15(21)19-9-7-17(8-10-19)12-14(20)18-5-3-4-6-18;;/h13,16H,3-12H2,1-2H3;2*1H. The van der Waals surface area contributed by atoms with Crippen molar-refractivity contribution < 1.29 is 9.59 Å². The Morgan fingerprint density at radius 1 is 0.957 bits per heavy atom. The van der Waals surface area contributed by atoms with Crippen LogP contribution in [0.4, 0.5) is 0 Å². The molecular formula is C15H30Cl2N4O2. The van der Waals surface area contributed by atoms with Gasteiger partial charge in [0.05, 0.1) is 6.54 Å². The molecule has 2 heterocycles. The van der Waals surface area contributed by atoms with Gasteiger partial charge in [0.1, 0.15) is 0 Å². The van der Waals surface area contributed by atoms with Gasteiger partial charge in [-0.05, 0) is 19.9 Å². The molecule has 0 aromatic heterocycles. The fraction of sp³-hybridized carbons (Fsp3) is 0.867. The number of rotatable bonds is 5. The van der Waals surface area contributed by atoms with E-state index >= 15 is 0 Å². The van der Waals surface area contributed by atoms with Gasteiger partial charge in [0.2, 0.25) is 11.8 Å². The Kier molecular flexibility index (Phi) is 10.8. The van der Waals surface area contributed by atoms with E-state index in [9.17, 15) is 9.59 Å². The fourth-order valence-electron chi connectivity index (χ4n) is 3.09. The van der Waals surface area contributed by atoms with Crippen molar-refractivity contribution in [1.29, 1.82) is 0 Å². The molecule has 2 aliphatic rings. The monoisotopic (exact) mass is 368 g/mol. The van der Waals surface area contributed by atoms with E-state index in [4.69, 9.17) is 0 Å². The smallest absolute Gasteiger partial charge is 0.236 e. The number of likely N-dealkylation sites (tertiary alicyclic amines) is 1. The molecule has 0 aromatic carbocycles. The number of amides is 2. The van der Waals surface area contributed by atoms with E-state index in [2.05, 4.69) is 10.2 Å². The number of hydrogen-bond acceptors (Lipinski definition) is 4. The van der Waals surface area contributed by atoms with Crippen LogP contribution in [0.25, 0.3) is 0 Å². The number of halogens is 2. The Hall–Kier alpha value is -0.560. The number of nitrogens with zero attached hydrogens (tertiary/aromatic N) is 3. The van der Waals surface area contributed by atoms with Crippen molar-refractivity contribution in [2.24, 2.45) is 5.92 Å². The molecule has 136 valence electrons. The van der Waals surface area contributed by atoms with Crippen LogP contribution in [0.15, 0.2) is 0 Å². The molecule has 2 aliphatic heterocycles. The van der Waals surface area contributed by atoms with Crippen LogP contribution in [-0.2, 0) is 9.59 Å².